The first-order chi connectivity index (χ1) is 9.91. The second kappa shape index (κ2) is 6.47. The Morgan fingerprint density at radius 2 is 2.10 bits per heavy atom. The van der Waals surface area contributed by atoms with Crippen LogP contribution in [0.15, 0.2) is 24.3 Å². The van der Waals surface area contributed by atoms with Crippen molar-refractivity contribution in [2.24, 2.45) is 5.92 Å². The van der Waals surface area contributed by atoms with Crippen LogP contribution in [0.1, 0.15) is 30.6 Å². The number of carboxylic acids is 1. The molecule has 1 amide bonds. The van der Waals surface area contributed by atoms with E-state index in [-0.39, 0.29) is 10.9 Å². The highest BCUT2D eigenvalue weighted by atomic mass is 32.2. The van der Waals surface area contributed by atoms with Gasteiger partial charge in [-0.05, 0) is 24.5 Å². The summed E-state index contributed by atoms with van der Waals surface area (Å²) in [4.78, 5) is 25.3. The number of amides is 1. The van der Waals surface area contributed by atoms with E-state index >= 15 is 0 Å². The minimum absolute atomic E-state index is 0.0694. The van der Waals surface area contributed by atoms with Gasteiger partial charge >= 0.3 is 5.97 Å². The third-order valence-electron chi connectivity index (χ3n) is 3.39. The lowest BCUT2D eigenvalue weighted by molar-refractivity contribution is -0.141. The molecule has 0 radical (unpaired) electrons. The molecule has 1 saturated heterocycles. The SMILES string of the molecule is CC(C)C[C@H]1SC[C@H](C(=O)O)N1C(=O)c1ccccc1F. The molecule has 21 heavy (non-hydrogen) atoms. The Morgan fingerprint density at radius 3 is 2.67 bits per heavy atom. The number of carboxylic acid groups (broad SMARTS) is 1. The number of thioether (sulfide) groups is 1. The number of benzene rings is 1. The number of carbonyl (C=O) groups excluding carboxylic acids is 1. The fourth-order valence-electron chi connectivity index (χ4n) is 2.38. The summed E-state index contributed by atoms with van der Waals surface area (Å²) in [6.45, 7) is 4.03. The first kappa shape index (κ1) is 15.8. The van der Waals surface area contributed by atoms with Crippen molar-refractivity contribution in [2.45, 2.75) is 31.7 Å². The normalized spacial score (nSPS) is 21.8. The van der Waals surface area contributed by atoms with Crippen molar-refractivity contribution in [1.82, 2.24) is 4.90 Å². The minimum atomic E-state index is -1.04. The lowest BCUT2D eigenvalue weighted by Gasteiger charge is -2.28. The van der Waals surface area contributed by atoms with Gasteiger partial charge in [0.15, 0.2) is 0 Å². The zero-order valence-electron chi connectivity index (χ0n) is 12.0. The monoisotopic (exact) mass is 311 g/mol. The van der Waals surface area contributed by atoms with Gasteiger partial charge < -0.3 is 10.0 Å². The quantitative estimate of drug-likeness (QED) is 0.929. The largest absolute Gasteiger partial charge is 0.480 e. The molecule has 1 aromatic carbocycles. The molecule has 1 fully saturated rings. The molecule has 1 heterocycles. The Hall–Kier alpha value is -1.56. The van der Waals surface area contributed by atoms with Gasteiger partial charge in [0, 0.05) is 5.75 Å². The van der Waals surface area contributed by atoms with Crippen LogP contribution in [-0.4, -0.2) is 39.1 Å². The molecule has 1 N–H and O–H groups in total. The second-order valence-corrected chi connectivity index (χ2v) is 6.67. The van der Waals surface area contributed by atoms with E-state index in [2.05, 4.69) is 0 Å². The zero-order valence-corrected chi connectivity index (χ0v) is 12.8. The van der Waals surface area contributed by atoms with E-state index in [1.54, 1.807) is 6.07 Å². The molecule has 0 aliphatic carbocycles. The minimum Gasteiger partial charge on any atom is -0.480 e. The van der Waals surface area contributed by atoms with Crippen LogP contribution in [-0.2, 0) is 4.79 Å². The summed E-state index contributed by atoms with van der Waals surface area (Å²) < 4.78 is 13.8. The van der Waals surface area contributed by atoms with Gasteiger partial charge in [0.1, 0.15) is 11.9 Å². The fourth-order valence-corrected chi connectivity index (χ4v) is 4.02. The maximum absolute atomic E-state index is 13.8. The van der Waals surface area contributed by atoms with Gasteiger partial charge in [0.25, 0.3) is 5.91 Å². The van der Waals surface area contributed by atoms with Crippen LogP contribution >= 0.6 is 11.8 Å². The Labute approximate surface area is 127 Å². The van der Waals surface area contributed by atoms with Crippen LogP contribution in [0.25, 0.3) is 0 Å². The number of hydrogen-bond donors (Lipinski definition) is 1. The number of carbonyl (C=O) groups is 2. The molecule has 0 saturated carbocycles. The van der Waals surface area contributed by atoms with Gasteiger partial charge in [-0.15, -0.1) is 11.8 Å². The van der Waals surface area contributed by atoms with E-state index in [0.717, 1.165) is 0 Å². The number of halogens is 1. The van der Waals surface area contributed by atoms with Gasteiger partial charge in [-0.2, -0.15) is 0 Å². The molecular formula is C15H18FNO3S. The summed E-state index contributed by atoms with van der Waals surface area (Å²) in [5, 5.41) is 9.08. The molecule has 2 atom stereocenters. The number of nitrogens with zero attached hydrogens (tertiary/aromatic N) is 1. The lowest BCUT2D eigenvalue weighted by Crippen LogP contribution is -2.46. The van der Waals surface area contributed by atoms with Crippen LogP contribution in [0, 0.1) is 11.7 Å². The average molecular weight is 311 g/mol. The molecule has 0 aromatic heterocycles. The Balaban J connectivity index is 2.32. The summed E-state index contributed by atoms with van der Waals surface area (Å²) in [5.74, 6) is -1.54. The van der Waals surface area contributed by atoms with Crippen LogP contribution in [0.3, 0.4) is 0 Å². The first-order valence-electron chi connectivity index (χ1n) is 6.83. The van der Waals surface area contributed by atoms with Crippen LogP contribution in [0.4, 0.5) is 4.39 Å². The van der Waals surface area contributed by atoms with Crippen molar-refractivity contribution >= 4 is 23.6 Å². The summed E-state index contributed by atoms with van der Waals surface area (Å²) in [7, 11) is 0. The first-order valence-corrected chi connectivity index (χ1v) is 7.88. The molecule has 4 nitrogen and oxygen atoms in total. The molecule has 0 unspecified atom stereocenters. The molecular weight excluding hydrogens is 293 g/mol. The zero-order chi connectivity index (χ0) is 15.6. The predicted octanol–water partition coefficient (Wildman–Crippen LogP) is 2.84. The Kier molecular flexibility index (Phi) is 4.88. The lowest BCUT2D eigenvalue weighted by atomic mass is 10.1. The second-order valence-electron chi connectivity index (χ2n) is 5.46. The van der Waals surface area contributed by atoms with Crippen molar-refractivity contribution in [3.8, 4) is 0 Å². The van der Waals surface area contributed by atoms with Crippen LogP contribution < -0.4 is 0 Å². The molecule has 1 aliphatic heterocycles. The summed E-state index contributed by atoms with van der Waals surface area (Å²) in [5.41, 5.74) is -0.0694. The molecule has 0 spiro atoms. The Morgan fingerprint density at radius 1 is 1.43 bits per heavy atom. The van der Waals surface area contributed by atoms with Crippen molar-refractivity contribution < 1.29 is 19.1 Å². The van der Waals surface area contributed by atoms with Gasteiger partial charge in [0.05, 0.1) is 10.9 Å². The van der Waals surface area contributed by atoms with Crippen molar-refractivity contribution in [3.63, 3.8) is 0 Å². The van der Waals surface area contributed by atoms with Crippen molar-refractivity contribution in [2.75, 3.05) is 5.75 Å². The molecule has 1 aliphatic rings. The molecule has 2 rings (SSSR count). The summed E-state index contributed by atoms with van der Waals surface area (Å²) in [6.07, 6.45) is 0.689. The maximum Gasteiger partial charge on any atom is 0.327 e. The van der Waals surface area contributed by atoms with Gasteiger partial charge in [-0.25, -0.2) is 9.18 Å². The van der Waals surface area contributed by atoms with E-state index in [4.69, 9.17) is 0 Å². The van der Waals surface area contributed by atoms with Crippen molar-refractivity contribution in [3.05, 3.63) is 35.6 Å². The topological polar surface area (TPSA) is 57.6 Å². The van der Waals surface area contributed by atoms with E-state index in [9.17, 15) is 19.1 Å². The molecule has 6 heteroatoms. The van der Waals surface area contributed by atoms with E-state index in [0.29, 0.717) is 18.1 Å². The fraction of sp³-hybridized carbons (Fsp3) is 0.467. The maximum atomic E-state index is 13.8. The predicted molar refractivity (Wildman–Crippen MR) is 79.7 cm³/mol. The number of hydrogen-bond acceptors (Lipinski definition) is 3. The molecule has 1 aromatic rings. The summed E-state index contributed by atoms with van der Waals surface area (Å²) in [6, 6.07) is 4.79. The smallest absolute Gasteiger partial charge is 0.327 e. The Bertz CT molecular complexity index is 549. The standard InChI is InChI=1S/C15H18FNO3S/c1-9(2)7-13-17(12(8-21-13)15(19)20)14(18)10-5-3-4-6-11(10)16/h3-6,9,12-13H,7-8H2,1-2H3,(H,19,20)/t12-,13-/m1/s1. The van der Waals surface area contributed by atoms with Gasteiger partial charge in [0.2, 0.25) is 0 Å². The number of rotatable bonds is 4. The van der Waals surface area contributed by atoms with E-state index in [1.807, 2.05) is 13.8 Å². The van der Waals surface area contributed by atoms with Crippen LogP contribution in [0.5, 0.6) is 0 Å². The van der Waals surface area contributed by atoms with E-state index in [1.165, 1.54) is 34.9 Å². The van der Waals surface area contributed by atoms with E-state index < -0.39 is 23.7 Å². The molecule has 0 bridgehead atoms. The van der Waals surface area contributed by atoms with Crippen LogP contribution in [0.2, 0.25) is 0 Å². The highest BCUT2D eigenvalue weighted by Crippen LogP contribution is 2.34. The third kappa shape index (κ3) is 3.37. The van der Waals surface area contributed by atoms with Gasteiger partial charge in [-0.1, -0.05) is 26.0 Å². The summed E-state index contributed by atoms with van der Waals surface area (Å²) >= 11 is 1.45. The highest BCUT2D eigenvalue weighted by Gasteiger charge is 2.42. The third-order valence-corrected chi connectivity index (χ3v) is 4.70. The molecule has 114 valence electrons. The highest BCUT2D eigenvalue weighted by molar-refractivity contribution is 8.00. The van der Waals surface area contributed by atoms with Crippen molar-refractivity contribution in [1.29, 1.82) is 0 Å². The van der Waals surface area contributed by atoms with Gasteiger partial charge in [-0.3, -0.25) is 4.79 Å². The average Bonchev–Trinajstić information content (AvgIpc) is 2.81. The number of aliphatic carboxylic acids is 1.